The first kappa shape index (κ1) is 16.2. The molecule has 0 saturated carbocycles. The quantitative estimate of drug-likeness (QED) is 0.625. The topological polar surface area (TPSA) is 50.7 Å². The largest absolute Gasteiger partial charge is 0.494 e. The van der Waals surface area contributed by atoms with Crippen molar-refractivity contribution in [2.45, 2.75) is 13.3 Å². The van der Waals surface area contributed by atoms with E-state index in [1.54, 1.807) is 30.5 Å². The Balaban J connectivity index is 1.90. The molecule has 0 aliphatic carbocycles. The molecule has 1 amide bonds. The van der Waals surface area contributed by atoms with Crippen molar-refractivity contribution in [1.29, 1.82) is 0 Å². The molecule has 22 heavy (non-hydrogen) atoms. The molecule has 0 bridgehead atoms. The number of halogens is 1. The highest BCUT2D eigenvalue weighted by molar-refractivity contribution is 9.10. The molecule has 0 fully saturated rings. The summed E-state index contributed by atoms with van der Waals surface area (Å²) in [6, 6.07) is 14.6. The van der Waals surface area contributed by atoms with Gasteiger partial charge in [0, 0.05) is 10.0 Å². The summed E-state index contributed by atoms with van der Waals surface area (Å²) in [6.45, 7) is 2.72. The number of nitrogens with zero attached hydrogens (tertiary/aromatic N) is 1. The van der Waals surface area contributed by atoms with Crippen LogP contribution < -0.4 is 10.2 Å². The highest BCUT2D eigenvalue weighted by Gasteiger charge is 2.04. The van der Waals surface area contributed by atoms with Gasteiger partial charge in [-0.05, 0) is 48.4 Å². The minimum Gasteiger partial charge on any atom is -0.494 e. The van der Waals surface area contributed by atoms with E-state index in [9.17, 15) is 4.79 Å². The second kappa shape index (κ2) is 8.34. The molecule has 0 atom stereocenters. The van der Waals surface area contributed by atoms with Crippen molar-refractivity contribution in [2.75, 3.05) is 6.61 Å². The molecule has 4 nitrogen and oxygen atoms in total. The van der Waals surface area contributed by atoms with Crippen molar-refractivity contribution in [3.63, 3.8) is 0 Å². The normalized spacial score (nSPS) is 10.6. The van der Waals surface area contributed by atoms with Crippen molar-refractivity contribution in [3.05, 3.63) is 64.1 Å². The van der Waals surface area contributed by atoms with Crippen LogP contribution in [0.1, 0.15) is 29.3 Å². The van der Waals surface area contributed by atoms with E-state index in [-0.39, 0.29) is 5.91 Å². The molecule has 2 rings (SSSR count). The van der Waals surface area contributed by atoms with E-state index in [2.05, 4.69) is 26.5 Å². The summed E-state index contributed by atoms with van der Waals surface area (Å²) in [5.41, 5.74) is 3.95. The fraction of sp³-hybridized carbons (Fsp3) is 0.176. The highest BCUT2D eigenvalue weighted by Crippen LogP contribution is 2.12. The predicted octanol–water partition coefficient (Wildman–Crippen LogP) is 4.00. The zero-order chi connectivity index (χ0) is 15.8. The van der Waals surface area contributed by atoms with Gasteiger partial charge in [-0.2, -0.15) is 5.10 Å². The van der Waals surface area contributed by atoms with Gasteiger partial charge in [0.1, 0.15) is 5.75 Å². The number of carbonyl (C=O) groups excluding carboxylic acids is 1. The van der Waals surface area contributed by atoms with Crippen LogP contribution in [0, 0.1) is 0 Å². The second-order valence-electron chi connectivity index (χ2n) is 4.62. The van der Waals surface area contributed by atoms with Gasteiger partial charge in [0.15, 0.2) is 0 Å². The zero-order valence-corrected chi connectivity index (χ0v) is 13.8. The summed E-state index contributed by atoms with van der Waals surface area (Å²) in [4.78, 5) is 11.9. The van der Waals surface area contributed by atoms with Gasteiger partial charge >= 0.3 is 0 Å². The third-order valence-electron chi connectivity index (χ3n) is 2.84. The molecular formula is C17H17BrN2O2. The number of hydrogen-bond acceptors (Lipinski definition) is 3. The molecule has 0 saturated heterocycles. The predicted molar refractivity (Wildman–Crippen MR) is 91.4 cm³/mol. The van der Waals surface area contributed by atoms with E-state index in [1.165, 1.54) is 0 Å². The maximum absolute atomic E-state index is 11.9. The van der Waals surface area contributed by atoms with Crippen LogP contribution in [-0.4, -0.2) is 18.7 Å². The van der Waals surface area contributed by atoms with Crippen molar-refractivity contribution in [1.82, 2.24) is 5.43 Å². The number of hydrazone groups is 1. The third-order valence-corrected chi connectivity index (χ3v) is 3.37. The monoisotopic (exact) mass is 360 g/mol. The first-order valence-corrected chi connectivity index (χ1v) is 7.80. The fourth-order valence-electron chi connectivity index (χ4n) is 1.70. The van der Waals surface area contributed by atoms with Crippen LogP contribution in [0.3, 0.4) is 0 Å². The van der Waals surface area contributed by atoms with E-state index < -0.39 is 0 Å². The summed E-state index contributed by atoms with van der Waals surface area (Å²) in [6.07, 6.45) is 2.55. The first-order valence-electron chi connectivity index (χ1n) is 7.01. The summed E-state index contributed by atoms with van der Waals surface area (Å²) < 4.78 is 6.47. The molecule has 2 aromatic carbocycles. The number of rotatable bonds is 6. The lowest BCUT2D eigenvalue weighted by Crippen LogP contribution is -2.17. The van der Waals surface area contributed by atoms with Crippen LogP contribution in [-0.2, 0) is 0 Å². The summed E-state index contributed by atoms with van der Waals surface area (Å²) in [7, 11) is 0. The molecule has 5 heteroatoms. The highest BCUT2D eigenvalue weighted by atomic mass is 79.9. The Bertz CT molecular complexity index is 637. The summed E-state index contributed by atoms with van der Waals surface area (Å²) >= 11 is 3.36. The van der Waals surface area contributed by atoms with Crippen molar-refractivity contribution >= 4 is 28.1 Å². The lowest BCUT2D eigenvalue weighted by atomic mass is 10.2. The summed E-state index contributed by atoms with van der Waals surface area (Å²) in [5.74, 6) is 0.507. The summed E-state index contributed by atoms with van der Waals surface area (Å²) in [5, 5.41) is 3.95. The minimum atomic E-state index is -0.254. The van der Waals surface area contributed by atoms with Gasteiger partial charge in [-0.15, -0.1) is 0 Å². The maximum Gasteiger partial charge on any atom is 0.271 e. The molecule has 0 aliphatic heterocycles. The van der Waals surface area contributed by atoms with Crippen LogP contribution in [0.5, 0.6) is 5.75 Å². The SMILES string of the molecule is CCCOc1ccc(C(=O)N/N=C\c2ccc(Br)cc2)cc1. The van der Waals surface area contributed by atoms with Gasteiger partial charge in [0.2, 0.25) is 0 Å². The van der Waals surface area contributed by atoms with Gasteiger partial charge in [-0.1, -0.05) is 35.0 Å². The van der Waals surface area contributed by atoms with Crippen LogP contribution in [0.15, 0.2) is 58.1 Å². The number of hydrogen-bond donors (Lipinski definition) is 1. The van der Waals surface area contributed by atoms with E-state index >= 15 is 0 Å². The zero-order valence-electron chi connectivity index (χ0n) is 12.3. The molecule has 0 radical (unpaired) electrons. The van der Waals surface area contributed by atoms with Gasteiger partial charge in [0.05, 0.1) is 12.8 Å². The van der Waals surface area contributed by atoms with E-state index in [0.29, 0.717) is 12.2 Å². The average molecular weight is 361 g/mol. The number of ether oxygens (including phenoxy) is 1. The Morgan fingerprint density at radius 3 is 2.50 bits per heavy atom. The van der Waals surface area contributed by atoms with Crippen LogP contribution in [0.25, 0.3) is 0 Å². The molecule has 0 unspecified atom stereocenters. The lowest BCUT2D eigenvalue weighted by molar-refractivity contribution is 0.0955. The first-order chi connectivity index (χ1) is 10.7. The number of amides is 1. The van der Waals surface area contributed by atoms with Crippen molar-refractivity contribution in [3.8, 4) is 5.75 Å². The fourth-order valence-corrected chi connectivity index (χ4v) is 1.97. The molecule has 0 aromatic heterocycles. The maximum atomic E-state index is 11.9. The van der Waals surface area contributed by atoms with E-state index in [1.807, 2.05) is 31.2 Å². The molecule has 0 spiro atoms. The molecule has 0 heterocycles. The van der Waals surface area contributed by atoms with Gasteiger partial charge < -0.3 is 4.74 Å². The van der Waals surface area contributed by atoms with Gasteiger partial charge in [0.25, 0.3) is 5.91 Å². The molecule has 2 aromatic rings. The average Bonchev–Trinajstić information content (AvgIpc) is 2.55. The number of carbonyl (C=O) groups is 1. The lowest BCUT2D eigenvalue weighted by Gasteiger charge is -2.05. The number of nitrogens with one attached hydrogen (secondary N) is 1. The van der Waals surface area contributed by atoms with Crippen LogP contribution >= 0.6 is 15.9 Å². The van der Waals surface area contributed by atoms with E-state index in [0.717, 1.165) is 22.2 Å². The standard InChI is InChI=1S/C17H17BrN2O2/c1-2-11-22-16-9-5-14(6-10-16)17(21)20-19-12-13-3-7-15(18)8-4-13/h3-10,12H,2,11H2,1H3,(H,20,21)/b19-12-. The smallest absolute Gasteiger partial charge is 0.271 e. The third kappa shape index (κ3) is 5.00. The number of benzene rings is 2. The Morgan fingerprint density at radius 2 is 1.86 bits per heavy atom. The Kier molecular flexibility index (Phi) is 6.15. The minimum absolute atomic E-state index is 0.254. The molecule has 1 N–H and O–H groups in total. The Hall–Kier alpha value is -2.14. The van der Waals surface area contributed by atoms with Crippen molar-refractivity contribution < 1.29 is 9.53 Å². The van der Waals surface area contributed by atoms with Gasteiger partial charge in [-0.25, -0.2) is 5.43 Å². The molecule has 0 aliphatic rings. The van der Waals surface area contributed by atoms with Crippen LogP contribution in [0.2, 0.25) is 0 Å². The Morgan fingerprint density at radius 1 is 1.18 bits per heavy atom. The molecule has 114 valence electrons. The van der Waals surface area contributed by atoms with Crippen LogP contribution in [0.4, 0.5) is 0 Å². The molecular weight excluding hydrogens is 344 g/mol. The van der Waals surface area contributed by atoms with Gasteiger partial charge in [-0.3, -0.25) is 4.79 Å². The van der Waals surface area contributed by atoms with E-state index in [4.69, 9.17) is 4.74 Å². The Labute approximate surface area is 138 Å². The van der Waals surface area contributed by atoms with Crippen molar-refractivity contribution in [2.24, 2.45) is 5.10 Å². The second-order valence-corrected chi connectivity index (χ2v) is 5.54.